The highest BCUT2D eigenvalue weighted by molar-refractivity contribution is 6.10. The Bertz CT molecular complexity index is 686. The Kier molecular flexibility index (Phi) is 8.68. The van der Waals surface area contributed by atoms with Gasteiger partial charge in [0.25, 0.3) is 0 Å². The van der Waals surface area contributed by atoms with E-state index in [-0.39, 0.29) is 18.2 Å². The normalized spacial score (nSPS) is 19.0. The van der Waals surface area contributed by atoms with Crippen molar-refractivity contribution in [2.24, 2.45) is 5.73 Å². The molecule has 1 unspecified atom stereocenters. The number of benzene rings is 1. The van der Waals surface area contributed by atoms with E-state index in [1.807, 2.05) is 0 Å². The van der Waals surface area contributed by atoms with Crippen LogP contribution in [0.15, 0.2) is 24.3 Å². The van der Waals surface area contributed by atoms with Crippen LogP contribution in [0.4, 0.5) is 0 Å². The van der Waals surface area contributed by atoms with E-state index in [9.17, 15) is 14.4 Å². The van der Waals surface area contributed by atoms with Gasteiger partial charge in [-0.15, -0.1) is 0 Å². The highest BCUT2D eigenvalue weighted by Crippen LogP contribution is 2.39. The maximum Gasteiger partial charge on any atom is 0.249 e. The minimum atomic E-state index is -0.969. The third-order valence-corrected chi connectivity index (χ3v) is 5.82. The highest BCUT2D eigenvalue weighted by atomic mass is 16.2. The van der Waals surface area contributed by atoms with Crippen molar-refractivity contribution >= 4 is 17.7 Å². The molecule has 3 N–H and O–H groups in total. The van der Waals surface area contributed by atoms with Gasteiger partial charge in [-0.3, -0.25) is 19.7 Å². The van der Waals surface area contributed by atoms with E-state index in [1.54, 1.807) is 24.3 Å². The zero-order chi connectivity index (χ0) is 20.4. The van der Waals surface area contributed by atoms with Gasteiger partial charge in [-0.2, -0.15) is 0 Å². The summed E-state index contributed by atoms with van der Waals surface area (Å²) in [7, 11) is 0. The molecular formula is C23H34N2O3. The van der Waals surface area contributed by atoms with E-state index in [4.69, 9.17) is 5.73 Å². The van der Waals surface area contributed by atoms with E-state index in [1.165, 1.54) is 44.9 Å². The maximum atomic E-state index is 12.7. The van der Waals surface area contributed by atoms with Gasteiger partial charge in [0, 0.05) is 12.0 Å². The van der Waals surface area contributed by atoms with Gasteiger partial charge in [0.1, 0.15) is 0 Å². The second-order valence-electron chi connectivity index (χ2n) is 7.98. The number of rotatable bonds is 13. The average Bonchev–Trinajstić information content (AvgIpc) is 2.97. The molecule has 0 saturated carbocycles. The molecule has 0 bridgehead atoms. The van der Waals surface area contributed by atoms with Crippen molar-refractivity contribution in [3.05, 3.63) is 35.4 Å². The third kappa shape index (κ3) is 5.66. The topological polar surface area (TPSA) is 89.3 Å². The van der Waals surface area contributed by atoms with Gasteiger partial charge in [-0.05, 0) is 18.1 Å². The fraction of sp³-hybridized carbons (Fsp3) is 0.609. The maximum absolute atomic E-state index is 12.7. The molecule has 1 aromatic carbocycles. The number of nitrogens with one attached hydrogen (secondary N) is 1. The SMILES string of the molecule is CCCCCCCCCCCCC1(c2ccccc2C(N)=O)CC(=O)NC1=O. The number of hydrogen-bond donors (Lipinski definition) is 2. The third-order valence-electron chi connectivity index (χ3n) is 5.82. The van der Waals surface area contributed by atoms with Gasteiger partial charge in [-0.25, -0.2) is 0 Å². The summed E-state index contributed by atoms with van der Waals surface area (Å²) < 4.78 is 0. The summed E-state index contributed by atoms with van der Waals surface area (Å²) in [5.41, 5.74) is 5.47. The monoisotopic (exact) mass is 386 g/mol. The first-order valence-corrected chi connectivity index (χ1v) is 10.7. The number of amides is 3. The molecule has 5 heteroatoms. The van der Waals surface area contributed by atoms with E-state index < -0.39 is 11.3 Å². The summed E-state index contributed by atoms with van der Waals surface area (Å²) in [5.74, 6) is -1.15. The summed E-state index contributed by atoms with van der Waals surface area (Å²) in [6.07, 6.45) is 12.7. The van der Waals surface area contributed by atoms with Crippen LogP contribution in [-0.4, -0.2) is 17.7 Å². The van der Waals surface area contributed by atoms with Crippen LogP contribution in [0.3, 0.4) is 0 Å². The molecule has 2 rings (SSSR count). The molecule has 1 saturated heterocycles. The fourth-order valence-corrected chi connectivity index (χ4v) is 4.23. The van der Waals surface area contributed by atoms with Crippen molar-refractivity contribution < 1.29 is 14.4 Å². The molecule has 5 nitrogen and oxygen atoms in total. The molecule has 0 spiro atoms. The Morgan fingerprint density at radius 1 is 0.964 bits per heavy atom. The van der Waals surface area contributed by atoms with Crippen LogP contribution in [0.1, 0.15) is 99.9 Å². The molecule has 1 heterocycles. The largest absolute Gasteiger partial charge is 0.366 e. The molecule has 0 aromatic heterocycles. The summed E-state index contributed by atoms with van der Waals surface area (Å²) in [6.45, 7) is 2.23. The van der Waals surface area contributed by atoms with Gasteiger partial charge in [-0.1, -0.05) is 89.3 Å². The number of unbranched alkanes of at least 4 members (excludes halogenated alkanes) is 9. The minimum Gasteiger partial charge on any atom is -0.366 e. The molecule has 28 heavy (non-hydrogen) atoms. The Balaban J connectivity index is 1.91. The van der Waals surface area contributed by atoms with Crippen LogP contribution in [-0.2, 0) is 15.0 Å². The number of imide groups is 1. The lowest BCUT2D eigenvalue weighted by atomic mass is 9.73. The minimum absolute atomic E-state index is 0.0908. The van der Waals surface area contributed by atoms with Crippen LogP contribution in [0, 0.1) is 0 Å². The van der Waals surface area contributed by atoms with Crippen molar-refractivity contribution in [2.45, 2.75) is 89.4 Å². The van der Waals surface area contributed by atoms with Crippen LogP contribution >= 0.6 is 0 Å². The molecule has 154 valence electrons. The summed E-state index contributed by atoms with van der Waals surface area (Å²) >= 11 is 0. The molecular weight excluding hydrogens is 352 g/mol. The van der Waals surface area contributed by atoms with E-state index in [0.29, 0.717) is 17.5 Å². The fourth-order valence-electron chi connectivity index (χ4n) is 4.23. The predicted molar refractivity (Wildman–Crippen MR) is 111 cm³/mol. The Morgan fingerprint density at radius 3 is 2.07 bits per heavy atom. The van der Waals surface area contributed by atoms with Crippen LogP contribution in [0.2, 0.25) is 0 Å². The lowest BCUT2D eigenvalue weighted by molar-refractivity contribution is -0.126. The van der Waals surface area contributed by atoms with Crippen molar-refractivity contribution in [3.63, 3.8) is 0 Å². The van der Waals surface area contributed by atoms with Gasteiger partial charge < -0.3 is 5.73 Å². The second kappa shape index (κ2) is 11.0. The molecule has 1 aromatic rings. The number of carbonyl (C=O) groups is 3. The van der Waals surface area contributed by atoms with E-state index in [2.05, 4.69) is 12.2 Å². The first-order chi connectivity index (χ1) is 13.5. The van der Waals surface area contributed by atoms with Gasteiger partial charge in [0.2, 0.25) is 17.7 Å². The Hall–Kier alpha value is -2.17. The second-order valence-corrected chi connectivity index (χ2v) is 7.98. The van der Waals surface area contributed by atoms with Gasteiger partial charge >= 0.3 is 0 Å². The van der Waals surface area contributed by atoms with Crippen LogP contribution < -0.4 is 11.1 Å². The summed E-state index contributed by atoms with van der Waals surface area (Å²) in [4.78, 5) is 36.5. The summed E-state index contributed by atoms with van der Waals surface area (Å²) in [6, 6.07) is 6.91. The standard InChI is InChI=1S/C23H34N2O3/c1-2-3-4-5-6-7-8-9-10-13-16-23(17-20(26)25-22(23)28)19-15-12-11-14-18(19)21(24)27/h11-12,14-15H,2-10,13,16-17H2,1H3,(H2,24,27)(H,25,26,28). The number of primary amides is 1. The Morgan fingerprint density at radius 2 is 1.54 bits per heavy atom. The molecule has 1 fully saturated rings. The molecule has 1 aliphatic heterocycles. The highest BCUT2D eigenvalue weighted by Gasteiger charge is 2.48. The van der Waals surface area contributed by atoms with E-state index >= 15 is 0 Å². The number of nitrogens with two attached hydrogens (primary N) is 1. The van der Waals surface area contributed by atoms with Crippen LogP contribution in [0.5, 0.6) is 0 Å². The zero-order valence-electron chi connectivity index (χ0n) is 17.1. The van der Waals surface area contributed by atoms with Crippen LogP contribution in [0.25, 0.3) is 0 Å². The predicted octanol–water partition coefficient (Wildman–Crippen LogP) is 4.38. The first-order valence-electron chi connectivity index (χ1n) is 10.7. The van der Waals surface area contributed by atoms with Gasteiger partial charge in [0.05, 0.1) is 5.41 Å². The molecule has 0 radical (unpaired) electrons. The zero-order valence-corrected chi connectivity index (χ0v) is 17.1. The van der Waals surface area contributed by atoms with Gasteiger partial charge in [0.15, 0.2) is 0 Å². The van der Waals surface area contributed by atoms with Crippen molar-refractivity contribution in [1.29, 1.82) is 0 Å². The molecule has 3 amide bonds. The molecule has 1 aliphatic rings. The molecule has 0 aliphatic carbocycles. The lowest BCUT2D eigenvalue weighted by Crippen LogP contribution is -2.37. The van der Waals surface area contributed by atoms with E-state index in [0.717, 1.165) is 19.3 Å². The number of hydrogen-bond acceptors (Lipinski definition) is 3. The summed E-state index contributed by atoms with van der Waals surface area (Å²) in [5, 5.41) is 2.43. The average molecular weight is 387 g/mol. The number of carbonyl (C=O) groups excluding carboxylic acids is 3. The van der Waals surface area contributed by atoms with Crippen molar-refractivity contribution in [1.82, 2.24) is 5.32 Å². The first kappa shape index (κ1) is 22.1. The smallest absolute Gasteiger partial charge is 0.249 e. The van der Waals surface area contributed by atoms with Crippen molar-refractivity contribution in [2.75, 3.05) is 0 Å². The molecule has 1 atom stereocenters. The Labute approximate surface area is 168 Å². The quantitative estimate of drug-likeness (QED) is 0.389. The van der Waals surface area contributed by atoms with Crippen molar-refractivity contribution in [3.8, 4) is 0 Å². The lowest BCUT2D eigenvalue weighted by Gasteiger charge is -2.27.